The first kappa shape index (κ1) is 12.9. The van der Waals surface area contributed by atoms with Crippen LogP contribution in [0.4, 0.5) is 5.69 Å². The van der Waals surface area contributed by atoms with Crippen LogP contribution in [0.25, 0.3) is 0 Å². The van der Waals surface area contributed by atoms with Gasteiger partial charge in [0.1, 0.15) is 0 Å². The molecule has 4 nitrogen and oxygen atoms in total. The van der Waals surface area contributed by atoms with Crippen molar-refractivity contribution in [3.8, 4) is 0 Å². The summed E-state index contributed by atoms with van der Waals surface area (Å²) in [5.41, 5.74) is 1.69. The van der Waals surface area contributed by atoms with Crippen molar-refractivity contribution in [3.05, 3.63) is 29.8 Å². The second-order valence-electron chi connectivity index (χ2n) is 4.98. The van der Waals surface area contributed by atoms with Crippen molar-refractivity contribution >= 4 is 11.7 Å². The van der Waals surface area contributed by atoms with E-state index in [1.807, 2.05) is 12.1 Å². The molecule has 2 N–H and O–H groups in total. The second-order valence-corrected chi connectivity index (χ2v) is 4.98. The first-order chi connectivity index (χ1) is 8.65. The number of carboxylic acids is 1. The Morgan fingerprint density at radius 3 is 2.56 bits per heavy atom. The van der Waals surface area contributed by atoms with Crippen molar-refractivity contribution in [3.63, 3.8) is 0 Å². The fraction of sp³-hybridized carbons (Fsp3) is 0.500. The van der Waals surface area contributed by atoms with Crippen molar-refractivity contribution < 1.29 is 14.6 Å². The van der Waals surface area contributed by atoms with Crippen LogP contribution < -0.4 is 5.32 Å². The van der Waals surface area contributed by atoms with Crippen molar-refractivity contribution in [1.82, 2.24) is 0 Å². The Morgan fingerprint density at radius 2 is 2.06 bits per heavy atom. The van der Waals surface area contributed by atoms with E-state index in [0.717, 1.165) is 25.3 Å². The highest BCUT2D eigenvalue weighted by molar-refractivity contribution is 5.87. The summed E-state index contributed by atoms with van der Waals surface area (Å²) in [6.07, 6.45) is 3.58. The summed E-state index contributed by atoms with van der Waals surface area (Å²) in [6, 6.07) is 6.88. The molecule has 0 unspecified atom stereocenters. The topological polar surface area (TPSA) is 58.6 Å². The number of rotatable bonds is 7. The van der Waals surface area contributed by atoms with Crippen LogP contribution in [0.1, 0.15) is 29.6 Å². The molecule has 1 aliphatic carbocycles. The van der Waals surface area contributed by atoms with Crippen LogP contribution in [0.2, 0.25) is 0 Å². The number of benzene rings is 1. The highest BCUT2D eigenvalue weighted by atomic mass is 16.5. The van der Waals surface area contributed by atoms with E-state index >= 15 is 0 Å². The van der Waals surface area contributed by atoms with Crippen LogP contribution in [0.5, 0.6) is 0 Å². The predicted octanol–water partition coefficient (Wildman–Crippen LogP) is 2.61. The summed E-state index contributed by atoms with van der Waals surface area (Å²) < 4.78 is 5.12. The monoisotopic (exact) mass is 249 g/mol. The van der Waals surface area contributed by atoms with Gasteiger partial charge in [0.15, 0.2) is 0 Å². The number of carboxylic acid groups (broad SMARTS) is 1. The number of nitrogens with one attached hydrogen (secondary N) is 1. The molecule has 1 aliphatic rings. The molecule has 0 atom stereocenters. The van der Waals surface area contributed by atoms with E-state index in [2.05, 4.69) is 5.32 Å². The van der Waals surface area contributed by atoms with Gasteiger partial charge in [-0.2, -0.15) is 0 Å². The molecule has 1 aromatic carbocycles. The van der Waals surface area contributed by atoms with Crippen molar-refractivity contribution in [2.75, 3.05) is 25.6 Å². The molecular formula is C14H19NO3. The van der Waals surface area contributed by atoms with Crippen molar-refractivity contribution in [2.24, 2.45) is 5.41 Å². The van der Waals surface area contributed by atoms with Gasteiger partial charge in [-0.05, 0) is 48.9 Å². The summed E-state index contributed by atoms with van der Waals surface area (Å²) in [5.74, 6) is -0.889. The number of hydrogen-bond donors (Lipinski definition) is 2. The maximum Gasteiger partial charge on any atom is 0.335 e. The SMILES string of the molecule is COCCC1(CNc2ccc(C(=O)O)cc2)CC1. The standard InChI is InChI=1S/C14H19NO3/c1-18-9-8-14(6-7-14)10-15-12-4-2-11(3-5-12)13(16)17/h2-5,15H,6-10H2,1H3,(H,16,17). The van der Waals surface area contributed by atoms with Crippen LogP contribution in [0, 0.1) is 5.41 Å². The molecule has 1 aromatic rings. The van der Waals surface area contributed by atoms with E-state index in [9.17, 15) is 4.79 Å². The lowest BCUT2D eigenvalue weighted by atomic mass is 10.0. The molecule has 0 aliphatic heterocycles. The fourth-order valence-electron chi connectivity index (χ4n) is 2.03. The summed E-state index contributed by atoms with van der Waals surface area (Å²) in [6.45, 7) is 1.74. The Kier molecular flexibility index (Phi) is 3.87. The van der Waals surface area contributed by atoms with Crippen LogP contribution >= 0.6 is 0 Å². The molecule has 0 heterocycles. The molecule has 0 spiro atoms. The molecule has 0 bridgehead atoms. The van der Waals surface area contributed by atoms with E-state index in [4.69, 9.17) is 9.84 Å². The van der Waals surface area contributed by atoms with E-state index in [1.54, 1.807) is 19.2 Å². The fourth-order valence-corrected chi connectivity index (χ4v) is 2.03. The quantitative estimate of drug-likeness (QED) is 0.780. The summed E-state index contributed by atoms with van der Waals surface area (Å²) >= 11 is 0. The smallest absolute Gasteiger partial charge is 0.335 e. The molecule has 98 valence electrons. The molecule has 0 aromatic heterocycles. The third kappa shape index (κ3) is 3.23. The minimum atomic E-state index is -0.889. The molecule has 0 saturated heterocycles. The van der Waals surface area contributed by atoms with Gasteiger partial charge < -0.3 is 15.2 Å². The summed E-state index contributed by atoms with van der Waals surface area (Å²) in [7, 11) is 1.73. The number of hydrogen-bond acceptors (Lipinski definition) is 3. The van der Waals surface area contributed by atoms with E-state index in [-0.39, 0.29) is 0 Å². The van der Waals surface area contributed by atoms with Gasteiger partial charge in [0, 0.05) is 25.9 Å². The van der Waals surface area contributed by atoms with Gasteiger partial charge in [0.05, 0.1) is 5.56 Å². The highest BCUT2D eigenvalue weighted by Gasteiger charge is 2.41. The van der Waals surface area contributed by atoms with Crippen molar-refractivity contribution in [1.29, 1.82) is 0 Å². The zero-order valence-corrected chi connectivity index (χ0v) is 10.6. The van der Waals surface area contributed by atoms with Crippen LogP contribution in [0.3, 0.4) is 0 Å². The zero-order chi connectivity index (χ0) is 13.0. The van der Waals surface area contributed by atoms with E-state index in [1.165, 1.54) is 12.8 Å². The minimum absolute atomic E-state index is 0.320. The lowest BCUT2D eigenvalue weighted by Crippen LogP contribution is -2.17. The van der Waals surface area contributed by atoms with Gasteiger partial charge in [0.25, 0.3) is 0 Å². The largest absolute Gasteiger partial charge is 0.478 e. The molecule has 0 amide bonds. The molecular weight excluding hydrogens is 230 g/mol. The first-order valence-corrected chi connectivity index (χ1v) is 6.21. The lowest BCUT2D eigenvalue weighted by Gasteiger charge is -2.16. The number of carbonyl (C=O) groups is 1. The maximum atomic E-state index is 10.7. The van der Waals surface area contributed by atoms with Gasteiger partial charge in [0.2, 0.25) is 0 Å². The molecule has 1 saturated carbocycles. The third-order valence-electron chi connectivity index (χ3n) is 3.59. The summed E-state index contributed by atoms with van der Waals surface area (Å²) in [4.78, 5) is 10.7. The Hall–Kier alpha value is -1.55. The molecule has 0 radical (unpaired) electrons. The molecule has 18 heavy (non-hydrogen) atoms. The number of ether oxygens (including phenoxy) is 1. The number of anilines is 1. The number of methoxy groups -OCH3 is 1. The second kappa shape index (κ2) is 5.40. The number of aromatic carboxylic acids is 1. The van der Waals surface area contributed by atoms with E-state index in [0.29, 0.717) is 11.0 Å². The molecule has 4 heteroatoms. The lowest BCUT2D eigenvalue weighted by molar-refractivity contribution is 0.0697. The maximum absolute atomic E-state index is 10.7. The van der Waals surface area contributed by atoms with Gasteiger partial charge in [-0.1, -0.05) is 0 Å². The average Bonchev–Trinajstić information content (AvgIpc) is 3.15. The van der Waals surface area contributed by atoms with Crippen LogP contribution in [-0.4, -0.2) is 31.3 Å². The Labute approximate surface area is 107 Å². The molecule has 2 rings (SSSR count). The Bertz CT molecular complexity index is 410. The van der Waals surface area contributed by atoms with Gasteiger partial charge in [-0.25, -0.2) is 4.79 Å². The minimum Gasteiger partial charge on any atom is -0.478 e. The van der Waals surface area contributed by atoms with Crippen LogP contribution in [0.15, 0.2) is 24.3 Å². The first-order valence-electron chi connectivity index (χ1n) is 6.21. The van der Waals surface area contributed by atoms with Crippen LogP contribution in [-0.2, 0) is 4.74 Å². The Morgan fingerprint density at radius 1 is 1.39 bits per heavy atom. The normalized spacial score (nSPS) is 16.3. The zero-order valence-electron chi connectivity index (χ0n) is 10.6. The van der Waals surface area contributed by atoms with Gasteiger partial charge >= 0.3 is 5.97 Å². The Balaban J connectivity index is 1.85. The van der Waals surface area contributed by atoms with Gasteiger partial charge in [-0.15, -0.1) is 0 Å². The third-order valence-corrected chi connectivity index (χ3v) is 3.59. The van der Waals surface area contributed by atoms with Crippen molar-refractivity contribution in [2.45, 2.75) is 19.3 Å². The average molecular weight is 249 g/mol. The van der Waals surface area contributed by atoms with E-state index < -0.39 is 5.97 Å². The molecule has 1 fully saturated rings. The summed E-state index contributed by atoms with van der Waals surface area (Å²) in [5, 5.41) is 12.2. The van der Waals surface area contributed by atoms with Gasteiger partial charge in [-0.3, -0.25) is 0 Å². The predicted molar refractivity (Wildman–Crippen MR) is 70.1 cm³/mol. The highest BCUT2D eigenvalue weighted by Crippen LogP contribution is 2.48.